The predicted octanol–water partition coefficient (Wildman–Crippen LogP) is -0.673. The summed E-state index contributed by atoms with van der Waals surface area (Å²) in [6.45, 7) is 1.17. The third kappa shape index (κ3) is 2.08. The summed E-state index contributed by atoms with van der Waals surface area (Å²) in [5, 5.41) is 28.2. The van der Waals surface area contributed by atoms with Gasteiger partial charge < -0.3 is 15.3 Å². The van der Waals surface area contributed by atoms with Crippen LogP contribution >= 0.6 is 0 Å². The molecule has 0 aromatic heterocycles. The average molecular weight is 201 g/mol. The summed E-state index contributed by atoms with van der Waals surface area (Å²) in [6.07, 6.45) is 2.38. The molecule has 0 spiro atoms. The zero-order chi connectivity index (χ0) is 10.1. The summed E-state index contributed by atoms with van der Waals surface area (Å²) in [6, 6.07) is 0.449. The van der Waals surface area contributed by atoms with E-state index in [0.717, 1.165) is 25.7 Å². The summed E-state index contributed by atoms with van der Waals surface area (Å²) >= 11 is 0. The SMILES string of the molecule is OC1CCC(N2CC(O)C(O)C2)CC1. The molecular formula is C10H19NO3. The van der Waals surface area contributed by atoms with Crippen molar-refractivity contribution >= 4 is 0 Å². The number of aliphatic hydroxyl groups excluding tert-OH is 3. The van der Waals surface area contributed by atoms with Crippen LogP contribution in [0.15, 0.2) is 0 Å². The van der Waals surface area contributed by atoms with Gasteiger partial charge in [-0.05, 0) is 25.7 Å². The molecule has 1 saturated heterocycles. The molecule has 4 heteroatoms. The van der Waals surface area contributed by atoms with Crippen molar-refractivity contribution in [3.63, 3.8) is 0 Å². The predicted molar refractivity (Wildman–Crippen MR) is 51.8 cm³/mol. The summed E-state index contributed by atoms with van der Waals surface area (Å²) in [5.41, 5.74) is 0. The molecular weight excluding hydrogens is 182 g/mol. The first-order chi connectivity index (χ1) is 6.66. The Morgan fingerprint density at radius 2 is 1.29 bits per heavy atom. The Bertz CT molecular complexity index is 182. The van der Waals surface area contributed by atoms with Gasteiger partial charge in [-0.25, -0.2) is 0 Å². The van der Waals surface area contributed by atoms with Crippen molar-refractivity contribution in [2.24, 2.45) is 0 Å². The number of nitrogens with zero attached hydrogens (tertiary/aromatic N) is 1. The third-order valence-corrected chi connectivity index (χ3v) is 3.47. The Labute approximate surface area is 84.2 Å². The number of hydrogen-bond acceptors (Lipinski definition) is 4. The van der Waals surface area contributed by atoms with Crippen LogP contribution in [0.1, 0.15) is 25.7 Å². The van der Waals surface area contributed by atoms with Gasteiger partial charge in [0.25, 0.3) is 0 Å². The van der Waals surface area contributed by atoms with E-state index in [1.807, 2.05) is 0 Å². The minimum Gasteiger partial charge on any atom is -0.393 e. The highest BCUT2D eigenvalue weighted by Gasteiger charge is 2.35. The Hall–Kier alpha value is -0.160. The maximum atomic E-state index is 9.41. The average Bonchev–Trinajstić information content (AvgIpc) is 2.48. The molecule has 0 aromatic carbocycles. The Morgan fingerprint density at radius 3 is 1.79 bits per heavy atom. The van der Waals surface area contributed by atoms with Crippen LogP contribution in [-0.2, 0) is 0 Å². The summed E-state index contributed by atoms with van der Waals surface area (Å²) in [4.78, 5) is 2.15. The number of β-amino-alcohol motifs (C(OH)–C–C–N with tert-alkyl or cyclic N) is 2. The molecule has 1 saturated carbocycles. The van der Waals surface area contributed by atoms with Crippen molar-refractivity contribution in [2.45, 2.75) is 50.0 Å². The Morgan fingerprint density at radius 1 is 0.786 bits per heavy atom. The van der Waals surface area contributed by atoms with E-state index in [1.54, 1.807) is 0 Å². The molecule has 1 aliphatic heterocycles. The summed E-state index contributed by atoms with van der Waals surface area (Å²) in [5.74, 6) is 0. The van der Waals surface area contributed by atoms with E-state index in [0.29, 0.717) is 19.1 Å². The van der Waals surface area contributed by atoms with Crippen LogP contribution in [0.4, 0.5) is 0 Å². The second kappa shape index (κ2) is 4.14. The van der Waals surface area contributed by atoms with Crippen LogP contribution in [0.3, 0.4) is 0 Å². The zero-order valence-electron chi connectivity index (χ0n) is 8.34. The largest absolute Gasteiger partial charge is 0.393 e. The first-order valence-electron chi connectivity index (χ1n) is 5.45. The normalized spacial score (nSPS) is 45.6. The van der Waals surface area contributed by atoms with Crippen LogP contribution in [0.25, 0.3) is 0 Å². The third-order valence-electron chi connectivity index (χ3n) is 3.47. The van der Waals surface area contributed by atoms with Crippen LogP contribution in [0, 0.1) is 0 Å². The lowest BCUT2D eigenvalue weighted by Gasteiger charge is -2.32. The molecule has 1 aliphatic carbocycles. The van der Waals surface area contributed by atoms with Gasteiger partial charge in [0.1, 0.15) is 0 Å². The number of likely N-dealkylation sites (tertiary alicyclic amines) is 1. The molecule has 4 nitrogen and oxygen atoms in total. The Balaban J connectivity index is 1.85. The van der Waals surface area contributed by atoms with Crippen molar-refractivity contribution in [3.8, 4) is 0 Å². The maximum absolute atomic E-state index is 9.41. The highest BCUT2D eigenvalue weighted by molar-refractivity contribution is 4.89. The molecule has 2 fully saturated rings. The highest BCUT2D eigenvalue weighted by Crippen LogP contribution is 2.26. The van der Waals surface area contributed by atoms with Crippen molar-refractivity contribution in [2.75, 3.05) is 13.1 Å². The number of hydrogen-bond donors (Lipinski definition) is 3. The highest BCUT2D eigenvalue weighted by atomic mass is 16.3. The van der Waals surface area contributed by atoms with Crippen LogP contribution < -0.4 is 0 Å². The van der Waals surface area contributed by atoms with Gasteiger partial charge in [0.05, 0.1) is 18.3 Å². The lowest BCUT2D eigenvalue weighted by molar-refractivity contribution is 0.0572. The smallest absolute Gasteiger partial charge is 0.0938 e. The van der Waals surface area contributed by atoms with E-state index in [9.17, 15) is 15.3 Å². The molecule has 14 heavy (non-hydrogen) atoms. The van der Waals surface area contributed by atoms with Crippen LogP contribution in [0.5, 0.6) is 0 Å². The second-order valence-corrected chi connectivity index (χ2v) is 4.55. The standard InChI is InChI=1S/C10H19NO3/c12-8-3-1-7(2-4-8)11-5-9(13)10(14)6-11/h7-10,12-14H,1-6H2. The van der Waals surface area contributed by atoms with Gasteiger partial charge in [-0.3, -0.25) is 4.90 Å². The number of aliphatic hydroxyl groups is 3. The molecule has 0 amide bonds. The van der Waals surface area contributed by atoms with E-state index in [-0.39, 0.29) is 6.10 Å². The van der Waals surface area contributed by atoms with Gasteiger partial charge in [-0.1, -0.05) is 0 Å². The van der Waals surface area contributed by atoms with Gasteiger partial charge in [-0.15, -0.1) is 0 Å². The van der Waals surface area contributed by atoms with Gasteiger partial charge >= 0.3 is 0 Å². The first-order valence-corrected chi connectivity index (χ1v) is 5.45. The van der Waals surface area contributed by atoms with Crippen molar-refractivity contribution in [3.05, 3.63) is 0 Å². The monoisotopic (exact) mass is 201 g/mol. The van der Waals surface area contributed by atoms with Gasteiger partial charge in [0.15, 0.2) is 0 Å². The molecule has 2 unspecified atom stereocenters. The van der Waals surface area contributed by atoms with Gasteiger partial charge in [0, 0.05) is 19.1 Å². The van der Waals surface area contributed by atoms with Crippen LogP contribution in [0.2, 0.25) is 0 Å². The molecule has 2 atom stereocenters. The molecule has 0 aromatic rings. The van der Waals surface area contributed by atoms with E-state index in [2.05, 4.69) is 4.90 Å². The second-order valence-electron chi connectivity index (χ2n) is 4.55. The fraction of sp³-hybridized carbons (Fsp3) is 1.00. The minimum atomic E-state index is -0.582. The Kier molecular flexibility index (Phi) is 3.07. The van der Waals surface area contributed by atoms with Crippen molar-refractivity contribution in [1.82, 2.24) is 4.90 Å². The van der Waals surface area contributed by atoms with E-state index >= 15 is 0 Å². The fourth-order valence-electron chi connectivity index (χ4n) is 2.52. The quantitative estimate of drug-likeness (QED) is 0.526. The number of rotatable bonds is 1. The molecule has 82 valence electrons. The molecule has 3 N–H and O–H groups in total. The first kappa shape index (κ1) is 10.4. The molecule has 2 rings (SSSR count). The summed E-state index contributed by atoms with van der Waals surface area (Å²) in [7, 11) is 0. The maximum Gasteiger partial charge on any atom is 0.0938 e. The van der Waals surface area contributed by atoms with E-state index in [4.69, 9.17) is 0 Å². The molecule has 0 radical (unpaired) electrons. The molecule has 1 heterocycles. The van der Waals surface area contributed by atoms with Gasteiger partial charge in [-0.2, -0.15) is 0 Å². The van der Waals surface area contributed by atoms with Crippen LogP contribution in [-0.4, -0.2) is 57.7 Å². The van der Waals surface area contributed by atoms with Crippen molar-refractivity contribution < 1.29 is 15.3 Å². The lowest BCUT2D eigenvalue weighted by atomic mass is 9.92. The summed E-state index contributed by atoms with van der Waals surface area (Å²) < 4.78 is 0. The topological polar surface area (TPSA) is 63.9 Å². The minimum absolute atomic E-state index is 0.135. The van der Waals surface area contributed by atoms with Crippen molar-refractivity contribution in [1.29, 1.82) is 0 Å². The zero-order valence-corrected chi connectivity index (χ0v) is 8.34. The molecule has 0 bridgehead atoms. The fourth-order valence-corrected chi connectivity index (χ4v) is 2.52. The molecule has 2 aliphatic rings. The van der Waals surface area contributed by atoms with Gasteiger partial charge in [0.2, 0.25) is 0 Å². The van der Waals surface area contributed by atoms with E-state index < -0.39 is 12.2 Å². The van der Waals surface area contributed by atoms with E-state index in [1.165, 1.54) is 0 Å². The lowest BCUT2D eigenvalue weighted by Crippen LogP contribution is -2.38.